The average Bonchev–Trinajstić information content (AvgIpc) is 3.14. The van der Waals surface area contributed by atoms with Gasteiger partial charge in [0, 0.05) is 44.7 Å². The maximum absolute atomic E-state index is 13.2. The third-order valence-electron chi connectivity index (χ3n) is 6.01. The smallest absolute Gasteiger partial charge is 0.245 e. The molecule has 2 aliphatic rings. The summed E-state index contributed by atoms with van der Waals surface area (Å²) in [5.74, 6) is 0.735. The van der Waals surface area contributed by atoms with Crippen molar-refractivity contribution in [3.05, 3.63) is 48.0 Å². The molecule has 0 bridgehead atoms. The number of aromatic nitrogens is 2. The van der Waals surface area contributed by atoms with E-state index in [0.29, 0.717) is 19.5 Å². The van der Waals surface area contributed by atoms with Crippen molar-refractivity contribution in [2.45, 2.75) is 57.1 Å². The van der Waals surface area contributed by atoms with Crippen molar-refractivity contribution >= 4 is 11.8 Å². The molecule has 2 unspecified atom stereocenters. The van der Waals surface area contributed by atoms with Crippen LogP contribution in [-0.2, 0) is 22.4 Å². The summed E-state index contributed by atoms with van der Waals surface area (Å²) < 4.78 is 6.46. The minimum absolute atomic E-state index is 0.0388. The van der Waals surface area contributed by atoms with Gasteiger partial charge in [0.1, 0.15) is 17.4 Å². The highest BCUT2D eigenvalue weighted by molar-refractivity contribution is 5.87. The molecule has 4 rings (SSSR count). The van der Waals surface area contributed by atoms with Crippen LogP contribution in [0.3, 0.4) is 0 Å². The zero-order valence-corrected chi connectivity index (χ0v) is 16.8. The van der Waals surface area contributed by atoms with Crippen LogP contribution >= 0.6 is 0 Å². The summed E-state index contributed by atoms with van der Waals surface area (Å²) in [6.07, 6.45) is 8.31. The van der Waals surface area contributed by atoms with E-state index < -0.39 is 6.04 Å². The van der Waals surface area contributed by atoms with Gasteiger partial charge in [0.2, 0.25) is 11.8 Å². The van der Waals surface area contributed by atoms with Crippen molar-refractivity contribution in [1.29, 1.82) is 0 Å². The lowest BCUT2D eigenvalue weighted by molar-refractivity contribution is -0.136. The van der Waals surface area contributed by atoms with Crippen LogP contribution in [0.4, 0.5) is 0 Å². The fourth-order valence-electron chi connectivity index (χ4n) is 4.48. The Balaban J connectivity index is 1.44. The third kappa shape index (κ3) is 4.44. The molecular weight excluding hydrogens is 368 g/mol. The molecule has 0 radical (unpaired) electrons. The number of nitrogens with one attached hydrogen (secondary N) is 2. The highest BCUT2D eigenvalue weighted by atomic mass is 16.5. The number of amides is 2. The van der Waals surface area contributed by atoms with Crippen molar-refractivity contribution in [1.82, 2.24) is 20.2 Å². The number of ether oxygens (including phenoxy) is 1. The summed E-state index contributed by atoms with van der Waals surface area (Å²) in [5.41, 5.74) is 1.90. The number of fused-ring (bicyclic) bond motifs is 1. The van der Waals surface area contributed by atoms with Crippen molar-refractivity contribution < 1.29 is 14.3 Å². The summed E-state index contributed by atoms with van der Waals surface area (Å²) in [4.78, 5) is 33.8. The van der Waals surface area contributed by atoms with E-state index in [-0.39, 0.29) is 17.4 Å². The Morgan fingerprint density at radius 2 is 2.14 bits per heavy atom. The number of carbonyl (C=O) groups is 2. The maximum atomic E-state index is 13.2. The quantitative estimate of drug-likeness (QED) is 0.830. The molecule has 154 valence electrons. The van der Waals surface area contributed by atoms with Crippen LogP contribution in [0.2, 0.25) is 0 Å². The molecule has 2 amide bonds. The molecule has 1 fully saturated rings. The summed E-state index contributed by atoms with van der Waals surface area (Å²) in [6, 6.07) is 7.65. The molecule has 2 atom stereocenters. The molecule has 2 aliphatic heterocycles. The number of hydrogen-bond acceptors (Lipinski definition) is 4. The van der Waals surface area contributed by atoms with Gasteiger partial charge >= 0.3 is 0 Å². The Kier molecular flexibility index (Phi) is 5.56. The van der Waals surface area contributed by atoms with Gasteiger partial charge in [0.25, 0.3) is 0 Å². The number of imidazole rings is 1. The number of benzene rings is 1. The second-order valence-corrected chi connectivity index (χ2v) is 8.11. The third-order valence-corrected chi connectivity index (χ3v) is 6.01. The number of aryl methyl sites for hydroxylation is 1. The van der Waals surface area contributed by atoms with E-state index in [9.17, 15) is 9.59 Å². The second-order valence-electron chi connectivity index (χ2n) is 8.11. The molecule has 1 aromatic carbocycles. The summed E-state index contributed by atoms with van der Waals surface area (Å²) in [6.45, 7) is 2.77. The Bertz CT molecular complexity index is 867. The monoisotopic (exact) mass is 396 g/mol. The number of rotatable bonds is 4. The number of nitrogens with zero attached hydrogens (tertiary/aromatic N) is 2. The summed E-state index contributed by atoms with van der Waals surface area (Å²) in [5, 5.41) is 2.81. The molecule has 1 saturated heterocycles. The SMILES string of the molecule is CC(=O)NC(Cc1cnc[nH]1)C(=O)N1CCCC2(CCc3ccccc3O2)CC1. The minimum Gasteiger partial charge on any atom is -0.487 e. The number of aromatic amines is 1. The largest absolute Gasteiger partial charge is 0.487 e. The fourth-order valence-corrected chi connectivity index (χ4v) is 4.48. The normalized spacial score (nSPS) is 22.3. The van der Waals surface area contributed by atoms with E-state index in [1.54, 1.807) is 12.5 Å². The molecule has 0 saturated carbocycles. The van der Waals surface area contributed by atoms with Crippen molar-refractivity contribution in [3.63, 3.8) is 0 Å². The van der Waals surface area contributed by atoms with Gasteiger partial charge in [-0.25, -0.2) is 4.98 Å². The van der Waals surface area contributed by atoms with Crippen LogP contribution in [0.15, 0.2) is 36.8 Å². The van der Waals surface area contributed by atoms with E-state index in [1.807, 2.05) is 17.0 Å². The fraction of sp³-hybridized carbons (Fsp3) is 0.500. The Hall–Kier alpha value is -2.83. The van der Waals surface area contributed by atoms with Gasteiger partial charge in [-0.05, 0) is 37.3 Å². The molecule has 0 aliphatic carbocycles. The molecule has 1 spiro atoms. The van der Waals surface area contributed by atoms with Crippen molar-refractivity contribution in [2.24, 2.45) is 0 Å². The summed E-state index contributed by atoms with van der Waals surface area (Å²) >= 11 is 0. The molecule has 2 N–H and O–H groups in total. The van der Waals surface area contributed by atoms with Gasteiger partial charge in [0.05, 0.1) is 6.33 Å². The Morgan fingerprint density at radius 3 is 2.93 bits per heavy atom. The number of H-pyrrole nitrogens is 1. The standard InChI is InChI=1S/C22H28N4O3/c1-16(27)25-19(13-18-14-23-15-24-18)21(28)26-11-4-8-22(10-12-26)9-7-17-5-2-3-6-20(17)29-22/h2-3,5-6,14-15,19H,4,7-13H2,1H3,(H,23,24)(H,25,27). The van der Waals surface area contributed by atoms with Crippen LogP contribution in [0, 0.1) is 0 Å². The van der Waals surface area contributed by atoms with Crippen LogP contribution in [0.1, 0.15) is 43.9 Å². The van der Waals surface area contributed by atoms with Crippen LogP contribution in [-0.4, -0.2) is 51.4 Å². The zero-order chi connectivity index (χ0) is 20.3. The lowest BCUT2D eigenvalue weighted by atomic mass is 9.85. The molecule has 7 heteroatoms. The Labute approximate surface area is 170 Å². The average molecular weight is 396 g/mol. The van der Waals surface area contributed by atoms with Crippen LogP contribution < -0.4 is 10.1 Å². The summed E-state index contributed by atoms with van der Waals surface area (Å²) in [7, 11) is 0. The first-order valence-electron chi connectivity index (χ1n) is 10.3. The highest BCUT2D eigenvalue weighted by Crippen LogP contribution is 2.39. The zero-order valence-electron chi connectivity index (χ0n) is 16.8. The molecule has 1 aromatic heterocycles. The van der Waals surface area contributed by atoms with E-state index in [4.69, 9.17) is 4.74 Å². The molecule has 29 heavy (non-hydrogen) atoms. The van der Waals surface area contributed by atoms with Gasteiger partial charge in [-0.2, -0.15) is 0 Å². The molecular formula is C22H28N4O3. The predicted molar refractivity (Wildman–Crippen MR) is 108 cm³/mol. The number of likely N-dealkylation sites (tertiary alicyclic amines) is 1. The van der Waals surface area contributed by atoms with Gasteiger partial charge in [-0.15, -0.1) is 0 Å². The van der Waals surface area contributed by atoms with Crippen molar-refractivity contribution in [2.75, 3.05) is 13.1 Å². The van der Waals surface area contributed by atoms with E-state index >= 15 is 0 Å². The van der Waals surface area contributed by atoms with E-state index in [1.165, 1.54) is 12.5 Å². The maximum Gasteiger partial charge on any atom is 0.245 e. The van der Waals surface area contributed by atoms with E-state index in [0.717, 1.165) is 43.5 Å². The van der Waals surface area contributed by atoms with Crippen LogP contribution in [0.5, 0.6) is 5.75 Å². The number of hydrogen-bond donors (Lipinski definition) is 2. The Morgan fingerprint density at radius 1 is 1.28 bits per heavy atom. The molecule has 2 aromatic rings. The first-order valence-corrected chi connectivity index (χ1v) is 10.3. The topological polar surface area (TPSA) is 87.3 Å². The number of carbonyl (C=O) groups excluding carboxylic acids is 2. The van der Waals surface area contributed by atoms with Gasteiger partial charge in [-0.1, -0.05) is 18.2 Å². The van der Waals surface area contributed by atoms with Gasteiger partial charge < -0.3 is 19.9 Å². The van der Waals surface area contributed by atoms with Crippen molar-refractivity contribution in [3.8, 4) is 5.75 Å². The lowest BCUT2D eigenvalue weighted by Crippen LogP contribution is -2.50. The number of para-hydroxylation sites is 1. The first kappa shape index (κ1) is 19.5. The van der Waals surface area contributed by atoms with Gasteiger partial charge in [-0.3, -0.25) is 9.59 Å². The second kappa shape index (κ2) is 8.27. The molecule has 3 heterocycles. The van der Waals surface area contributed by atoms with E-state index in [2.05, 4.69) is 27.4 Å². The van der Waals surface area contributed by atoms with Crippen LogP contribution in [0.25, 0.3) is 0 Å². The van der Waals surface area contributed by atoms with Gasteiger partial charge in [0.15, 0.2) is 0 Å². The lowest BCUT2D eigenvalue weighted by Gasteiger charge is -2.38. The predicted octanol–water partition coefficient (Wildman–Crippen LogP) is 2.23. The first-order chi connectivity index (χ1) is 14.0. The molecule has 7 nitrogen and oxygen atoms in total. The highest BCUT2D eigenvalue weighted by Gasteiger charge is 2.39. The minimum atomic E-state index is -0.588.